The molecule has 2 heterocycles. The number of benzene rings is 2. The summed E-state index contributed by atoms with van der Waals surface area (Å²) in [6.07, 6.45) is 8.42. The molecule has 4 aromatic rings. The van der Waals surface area contributed by atoms with Gasteiger partial charge in [-0.2, -0.15) is 0 Å². The Morgan fingerprint density at radius 1 is 1.03 bits per heavy atom. The zero-order valence-electron chi connectivity index (χ0n) is 20.1. The number of aromatic amines is 1. The largest absolute Gasteiger partial charge is 0.467 e. The zero-order chi connectivity index (χ0) is 24.9. The van der Waals surface area contributed by atoms with Crippen LogP contribution in [0.15, 0.2) is 77.5 Å². The van der Waals surface area contributed by atoms with Gasteiger partial charge < -0.3 is 19.6 Å². The van der Waals surface area contributed by atoms with E-state index in [1.54, 1.807) is 30.3 Å². The van der Waals surface area contributed by atoms with Gasteiger partial charge in [-0.3, -0.25) is 9.59 Å². The molecule has 2 N–H and O–H groups in total. The Labute approximate surface area is 209 Å². The molecule has 2 amide bonds. The minimum atomic E-state index is -1.13. The van der Waals surface area contributed by atoms with Crippen molar-refractivity contribution in [3.8, 4) is 0 Å². The number of halogens is 1. The lowest BCUT2D eigenvalue weighted by Gasteiger charge is -2.33. The molecule has 6 nitrogen and oxygen atoms in total. The van der Waals surface area contributed by atoms with Crippen molar-refractivity contribution in [1.82, 2.24) is 15.2 Å². The predicted octanol–water partition coefficient (Wildman–Crippen LogP) is 5.66. The Morgan fingerprint density at radius 3 is 2.58 bits per heavy atom. The van der Waals surface area contributed by atoms with Crippen LogP contribution in [-0.2, 0) is 22.6 Å². The van der Waals surface area contributed by atoms with Crippen LogP contribution in [0, 0.1) is 5.82 Å². The Kier molecular flexibility index (Phi) is 7.16. The number of fused-ring (bicyclic) bond motifs is 1. The van der Waals surface area contributed by atoms with E-state index in [4.69, 9.17) is 4.42 Å². The van der Waals surface area contributed by atoms with Crippen molar-refractivity contribution in [2.45, 2.75) is 57.2 Å². The maximum atomic E-state index is 15.1. The summed E-state index contributed by atoms with van der Waals surface area (Å²) in [5.74, 6) is -0.659. The van der Waals surface area contributed by atoms with Gasteiger partial charge >= 0.3 is 0 Å². The van der Waals surface area contributed by atoms with E-state index >= 15 is 4.39 Å². The fourth-order valence-corrected chi connectivity index (χ4v) is 5.11. The van der Waals surface area contributed by atoms with E-state index in [0.29, 0.717) is 5.76 Å². The van der Waals surface area contributed by atoms with Gasteiger partial charge in [-0.25, -0.2) is 4.39 Å². The SMILES string of the molecule is O=C(NC1CCCCC1)C(c1ccccc1F)N(Cc1ccco1)C(=O)Cc1c[nH]c2ccccc12. The third kappa shape index (κ3) is 5.20. The lowest BCUT2D eigenvalue weighted by atomic mass is 9.94. The van der Waals surface area contributed by atoms with Crippen LogP contribution in [0.1, 0.15) is 55.0 Å². The maximum absolute atomic E-state index is 15.1. The van der Waals surface area contributed by atoms with E-state index < -0.39 is 11.9 Å². The van der Waals surface area contributed by atoms with Gasteiger partial charge in [0, 0.05) is 28.7 Å². The number of para-hydroxylation sites is 1. The summed E-state index contributed by atoms with van der Waals surface area (Å²) in [4.78, 5) is 32.3. The number of carbonyl (C=O) groups is 2. The number of nitrogens with one attached hydrogen (secondary N) is 2. The first-order chi connectivity index (χ1) is 17.6. The molecule has 186 valence electrons. The van der Waals surface area contributed by atoms with Crippen LogP contribution in [-0.4, -0.2) is 27.7 Å². The molecule has 7 heteroatoms. The summed E-state index contributed by atoms with van der Waals surface area (Å²) >= 11 is 0. The highest BCUT2D eigenvalue weighted by atomic mass is 19.1. The molecule has 0 spiro atoms. The predicted molar refractivity (Wildman–Crippen MR) is 135 cm³/mol. The number of hydrogen-bond acceptors (Lipinski definition) is 3. The molecule has 1 fully saturated rings. The Balaban J connectivity index is 1.51. The average Bonchev–Trinajstić information content (AvgIpc) is 3.55. The minimum Gasteiger partial charge on any atom is -0.467 e. The summed E-state index contributed by atoms with van der Waals surface area (Å²) in [5.41, 5.74) is 1.92. The first-order valence-corrected chi connectivity index (χ1v) is 12.5. The maximum Gasteiger partial charge on any atom is 0.247 e. The minimum absolute atomic E-state index is 0.0229. The normalized spacial score (nSPS) is 15.0. The van der Waals surface area contributed by atoms with Gasteiger partial charge in [-0.05, 0) is 42.7 Å². The van der Waals surface area contributed by atoms with Crippen LogP contribution >= 0.6 is 0 Å². The van der Waals surface area contributed by atoms with Gasteiger partial charge in [-0.15, -0.1) is 0 Å². The molecular weight excluding hydrogens is 457 g/mol. The number of H-pyrrole nitrogens is 1. The number of amides is 2. The van der Waals surface area contributed by atoms with Crippen molar-refractivity contribution in [2.24, 2.45) is 0 Å². The zero-order valence-corrected chi connectivity index (χ0v) is 20.1. The second kappa shape index (κ2) is 10.8. The number of nitrogens with zero attached hydrogens (tertiary/aromatic N) is 1. The van der Waals surface area contributed by atoms with E-state index in [1.807, 2.05) is 30.5 Å². The fraction of sp³-hybridized carbons (Fsp3) is 0.310. The van der Waals surface area contributed by atoms with Gasteiger partial charge in [0.1, 0.15) is 17.6 Å². The van der Waals surface area contributed by atoms with Crippen molar-refractivity contribution in [2.75, 3.05) is 0 Å². The van der Waals surface area contributed by atoms with E-state index in [-0.39, 0.29) is 36.4 Å². The molecule has 5 rings (SSSR count). The van der Waals surface area contributed by atoms with Crippen LogP contribution in [0.3, 0.4) is 0 Å². The number of rotatable bonds is 8. The highest BCUT2D eigenvalue weighted by Crippen LogP contribution is 2.29. The quantitative estimate of drug-likeness (QED) is 0.337. The second-order valence-corrected chi connectivity index (χ2v) is 9.40. The van der Waals surface area contributed by atoms with Crippen molar-refractivity contribution < 1.29 is 18.4 Å². The summed E-state index contributed by atoms with van der Waals surface area (Å²) in [5, 5.41) is 4.05. The molecule has 0 radical (unpaired) electrons. The summed E-state index contributed by atoms with van der Waals surface area (Å²) < 4.78 is 20.7. The summed E-state index contributed by atoms with van der Waals surface area (Å²) in [6, 6.07) is 16.3. The van der Waals surface area contributed by atoms with E-state index in [2.05, 4.69) is 10.3 Å². The summed E-state index contributed by atoms with van der Waals surface area (Å²) in [7, 11) is 0. The number of hydrogen-bond donors (Lipinski definition) is 2. The third-order valence-electron chi connectivity index (χ3n) is 6.95. The van der Waals surface area contributed by atoms with Gasteiger partial charge in [-0.1, -0.05) is 55.7 Å². The molecule has 0 bridgehead atoms. The molecule has 1 unspecified atom stereocenters. The standard InChI is InChI=1S/C29H30FN3O3/c30-25-14-6-4-13-24(25)28(29(35)32-21-9-2-1-3-10-21)33(19-22-11-8-16-36-22)27(34)17-20-18-31-26-15-7-5-12-23(20)26/h4-8,11-16,18,21,28,31H,1-3,9-10,17,19H2,(H,32,35). The van der Waals surface area contributed by atoms with Gasteiger partial charge in [0.2, 0.25) is 11.8 Å². The number of carbonyl (C=O) groups excluding carboxylic acids is 2. The molecule has 1 aliphatic rings. The third-order valence-corrected chi connectivity index (χ3v) is 6.95. The van der Waals surface area contributed by atoms with Crippen LogP contribution < -0.4 is 5.32 Å². The van der Waals surface area contributed by atoms with Gasteiger partial charge in [0.15, 0.2) is 0 Å². The highest BCUT2D eigenvalue weighted by molar-refractivity contribution is 5.92. The van der Waals surface area contributed by atoms with Gasteiger partial charge in [0.05, 0.1) is 19.2 Å². The Bertz CT molecular complexity index is 1320. The molecule has 0 aliphatic heterocycles. The Morgan fingerprint density at radius 2 is 1.81 bits per heavy atom. The lowest BCUT2D eigenvalue weighted by molar-refractivity contribution is -0.142. The van der Waals surface area contributed by atoms with Crippen LogP contribution in [0.25, 0.3) is 10.9 Å². The van der Waals surface area contributed by atoms with E-state index in [1.165, 1.54) is 17.2 Å². The molecule has 2 aromatic carbocycles. The average molecular weight is 488 g/mol. The first-order valence-electron chi connectivity index (χ1n) is 12.5. The van der Waals surface area contributed by atoms with Crippen molar-refractivity contribution in [3.63, 3.8) is 0 Å². The molecule has 1 aliphatic carbocycles. The van der Waals surface area contributed by atoms with Crippen molar-refractivity contribution in [1.29, 1.82) is 0 Å². The monoisotopic (exact) mass is 487 g/mol. The van der Waals surface area contributed by atoms with Crippen LogP contribution in [0.2, 0.25) is 0 Å². The van der Waals surface area contributed by atoms with E-state index in [0.717, 1.165) is 48.6 Å². The van der Waals surface area contributed by atoms with Crippen molar-refractivity contribution in [3.05, 3.63) is 95.8 Å². The topological polar surface area (TPSA) is 78.3 Å². The molecule has 2 aromatic heterocycles. The first kappa shape index (κ1) is 23.9. The second-order valence-electron chi connectivity index (χ2n) is 9.40. The molecule has 36 heavy (non-hydrogen) atoms. The van der Waals surface area contributed by atoms with Crippen LogP contribution in [0.4, 0.5) is 4.39 Å². The fourth-order valence-electron chi connectivity index (χ4n) is 5.11. The molecule has 0 saturated heterocycles. The molecule has 1 saturated carbocycles. The Hall–Kier alpha value is -3.87. The molecule has 1 atom stereocenters. The smallest absolute Gasteiger partial charge is 0.247 e. The van der Waals surface area contributed by atoms with Crippen LogP contribution in [0.5, 0.6) is 0 Å². The summed E-state index contributed by atoms with van der Waals surface area (Å²) in [6.45, 7) is 0.0469. The number of furan rings is 1. The number of aromatic nitrogens is 1. The van der Waals surface area contributed by atoms with Crippen molar-refractivity contribution >= 4 is 22.7 Å². The van der Waals surface area contributed by atoms with E-state index in [9.17, 15) is 9.59 Å². The molecular formula is C29H30FN3O3. The lowest BCUT2D eigenvalue weighted by Crippen LogP contribution is -2.47. The highest BCUT2D eigenvalue weighted by Gasteiger charge is 2.35. The van der Waals surface area contributed by atoms with Gasteiger partial charge in [0.25, 0.3) is 0 Å².